The van der Waals surface area contributed by atoms with Gasteiger partial charge in [0.05, 0.1) is 22.3 Å². The van der Waals surface area contributed by atoms with Gasteiger partial charge in [0.15, 0.2) is 21.7 Å². The van der Waals surface area contributed by atoms with Crippen molar-refractivity contribution in [1.82, 2.24) is 29.4 Å². The SMILES string of the molecule is COC1(C(=O)N2CCN(c3c(F)c(S(=O)(=O)NC4(CF)CC4)cc4c(-c5nnc(C(F)F)s5)c(C5CCC5)nn34)CC2)CC1. The van der Waals surface area contributed by atoms with Gasteiger partial charge in [-0.1, -0.05) is 17.8 Å². The Bertz CT molecular complexity index is 1730. The number of rotatable bonds is 10. The predicted octanol–water partition coefficient (Wildman–Crippen LogP) is 3.81. The Morgan fingerprint density at radius 3 is 2.39 bits per heavy atom. The van der Waals surface area contributed by atoms with Crippen molar-refractivity contribution in [1.29, 1.82) is 0 Å². The van der Waals surface area contributed by atoms with Gasteiger partial charge in [0.1, 0.15) is 17.2 Å². The summed E-state index contributed by atoms with van der Waals surface area (Å²) in [5.74, 6) is -1.41. The average molecular weight is 658 g/mol. The fourth-order valence-corrected chi connectivity index (χ4v) is 8.29. The number of aromatic nitrogens is 4. The molecule has 238 valence electrons. The van der Waals surface area contributed by atoms with Gasteiger partial charge in [0, 0.05) is 39.2 Å². The van der Waals surface area contributed by atoms with Gasteiger partial charge in [0.2, 0.25) is 10.0 Å². The molecule has 4 heterocycles. The number of nitrogens with one attached hydrogen (secondary N) is 1. The summed E-state index contributed by atoms with van der Waals surface area (Å²) in [7, 11) is -3.07. The molecule has 1 saturated heterocycles. The fraction of sp³-hybridized carbons (Fsp3) is 0.630. The number of hydrogen-bond acceptors (Lipinski definition) is 9. The van der Waals surface area contributed by atoms with E-state index in [-0.39, 0.29) is 67.2 Å². The minimum atomic E-state index is -4.57. The first-order chi connectivity index (χ1) is 21.0. The Kier molecular flexibility index (Phi) is 7.17. The summed E-state index contributed by atoms with van der Waals surface area (Å²) >= 11 is 0.673. The molecule has 1 aliphatic heterocycles. The topological polar surface area (TPSA) is 122 Å². The largest absolute Gasteiger partial charge is 0.368 e. The van der Waals surface area contributed by atoms with Crippen LogP contribution in [0.3, 0.4) is 0 Å². The van der Waals surface area contributed by atoms with E-state index in [1.54, 1.807) is 9.80 Å². The van der Waals surface area contributed by atoms with Crippen LogP contribution >= 0.6 is 11.3 Å². The number of piperazine rings is 1. The second kappa shape index (κ2) is 10.6. The van der Waals surface area contributed by atoms with Crippen molar-refractivity contribution >= 4 is 38.6 Å². The number of halogens is 4. The monoisotopic (exact) mass is 657 g/mol. The zero-order valence-electron chi connectivity index (χ0n) is 23.9. The van der Waals surface area contributed by atoms with Crippen molar-refractivity contribution < 1.29 is 35.5 Å². The van der Waals surface area contributed by atoms with Gasteiger partial charge < -0.3 is 14.5 Å². The van der Waals surface area contributed by atoms with E-state index in [4.69, 9.17) is 9.84 Å². The van der Waals surface area contributed by atoms with Crippen LogP contribution in [0.1, 0.15) is 68.0 Å². The molecular formula is C27H31F4N7O4S2. The molecule has 0 radical (unpaired) electrons. The van der Waals surface area contributed by atoms with Gasteiger partial charge in [-0.3, -0.25) is 4.79 Å². The van der Waals surface area contributed by atoms with Crippen molar-refractivity contribution in [2.24, 2.45) is 0 Å². The van der Waals surface area contributed by atoms with E-state index < -0.39 is 50.0 Å². The second-order valence-electron chi connectivity index (χ2n) is 12.1. The Balaban J connectivity index is 1.36. The molecule has 1 N–H and O–H groups in total. The number of nitrogens with zero attached hydrogens (tertiary/aromatic N) is 6. The molecule has 3 saturated carbocycles. The molecule has 0 bridgehead atoms. The zero-order valence-corrected chi connectivity index (χ0v) is 25.5. The Morgan fingerprint density at radius 2 is 1.86 bits per heavy atom. The van der Waals surface area contributed by atoms with Crippen LogP contribution in [0.15, 0.2) is 11.0 Å². The molecule has 1 amide bonds. The van der Waals surface area contributed by atoms with Crippen molar-refractivity contribution in [3.05, 3.63) is 22.6 Å². The lowest BCUT2D eigenvalue weighted by Gasteiger charge is -2.37. The van der Waals surface area contributed by atoms with E-state index in [1.165, 1.54) is 11.6 Å². The Hall–Kier alpha value is -2.89. The van der Waals surface area contributed by atoms with Crippen LogP contribution in [0.2, 0.25) is 0 Å². The molecule has 4 fully saturated rings. The molecule has 4 aliphatic rings. The minimum absolute atomic E-state index is 0.0580. The summed E-state index contributed by atoms with van der Waals surface area (Å²) < 4.78 is 93.7. The number of hydrogen-bond donors (Lipinski definition) is 1. The first-order valence-corrected chi connectivity index (χ1v) is 16.9. The van der Waals surface area contributed by atoms with Crippen LogP contribution < -0.4 is 9.62 Å². The summed E-state index contributed by atoms with van der Waals surface area (Å²) in [6.45, 7) is -0.116. The van der Waals surface area contributed by atoms with Crippen LogP contribution in [0.4, 0.5) is 23.4 Å². The van der Waals surface area contributed by atoms with Crippen LogP contribution in [0, 0.1) is 5.82 Å². The third kappa shape index (κ3) is 4.86. The predicted molar refractivity (Wildman–Crippen MR) is 152 cm³/mol. The molecule has 44 heavy (non-hydrogen) atoms. The molecule has 0 unspecified atom stereocenters. The van der Waals surface area contributed by atoms with Crippen molar-refractivity contribution in [3.8, 4) is 10.6 Å². The van der Waals surface area contributed by atoms with E-state index in [9.17, 15) is 26.4 Å². The number of alkyl halides is 3. The van der Waals surface area contributed by atoms with Crippen LogP contribution in [0.5, 0.6) is 0 Å². The van der Waals surface area contributed by atoms with E-state index >= 15 is 4.39 Å². The van der Waals surface area contributed by atoms with Gasteiger partial charge in [-0.2, -0.15) is 5.10 Å². The average Bonchev–Trinajstić information content (AvgIpc) is 3.85. The molecule has 3 aromatic heterocycles. The van der Waals surface area contributed by atoms with Crippen LogP contribution in [-0.2, 0) is 19.6 Å². The Morgan fingerprint density at radius 1 is 1.16 bits per heavy atom. The highest BCUT2D eigenvalue weighted by Gasteiger charge is 2.53. The normalized spacial score (nSPS) is 21.2. The Labute approximate surface area is 254 Å². The maximum absolute atomic E-state index is 16.6. The third-order valence-electron chi connectivity index (χ3n) is 9.26. The lowest BCUT2D eigenvalue weighted by atomic mass is 9.81. The lowest BCUT2D eigenvalue weighted by Crippen LogP contribution is -2.53. The number of carbonyl (C=O) groups is 1. The van der Waals surface area contributed by atoms with Crippen molar-refractivity contribution in [3.63, 3.8) is 0 Å². The standard InChI is InChI=1S/C27H31F4N7O4S2/c1-42-27(7-8-27)25(39)37-11-9-36(10-12-37)24-19(29)17(44(40,41)35-26(14-28)5-6-26)13-16-18(22-32-33-23(43-22)21(30)31)20(34-38(16)24)15-3-2-4-15/h13,15,21,35H,2-12,14H2,1H3. The van der Waals surface area contributed by atoms with E-state index in [0.29, 0.717) is 35.4 Å². The molecule has 3 aliphatic carbocycles. The number of sulfonamides is 1. The molecular weight excluding hydrogens is 626 g/mol. The maximum atomic E-state index is 16.6. The fourth-order valence-electron chi connectivity index (χ4n) is 6.00. The highest BCUT2D eigenvalue weighted by atomic mass is 32.2. The van der Waals surface area contributed by atoms with Crippen LogP contribution in [-0.4, -0.2) is 90.1 Å². The number of amides is 1. The molecule has 0 atom stereocenters. The molecule has 0 aromatic carbocycles. The summed E-state index contributed by atoms with van der Waals surface area (Å²) in [6, 6.07) is 1.12. The molecule has 11 nitrogen and oxygen atoms in total. The molecule has 17 heteroatoms. The van der Waals surface area contributed by atoms with E-state index in [1.807, 2.05) is 0 Å². The number of anilines is 1. The molecule has 0 spiro atoms. The third-order valence-corrected chi connectivity index (χ3v) is 11.8. The summed E-state index contributed by atoms with van der Waals surface area (Å²) in [5.41, 5.74) is -1.10. The zero-order chi connectivity index (χ0) is 31.0. The highest BCUT2D eigenvalue weighted by Crippen LogP contribution is 2.46. The van der Waals surface area contributed by atoms with Gasteiger partial charge in [0.25, 0.3) is 12.3 Å². The van der Waals surface area contributed by atoms with E-state index in [0.717, 1.165) is 25.3 Å². The van der Waals surface area contributed by atoms with Gasteiger partial charge in [-0.25, -0.2) is 35.2 Å². The second-order valence-corrected chi connectivity index (χ2v) is 14.7. The smallest absolute Gasteiger partial charge is 0.291 e. The summed E-state index contributed by atoms with van der Waals surface area (Å²) in [5, 5.41) is 12.0. The summed E-state index contributed by atoms with van der Waals surface area (Å²) in [6.07, 6.45) is 1.42. The first-order valence-electron chi connectivity index (χ1n) is 14.6. The minimum Gasteiger partial charge on any atom is -0.368 e. The lowest BCUT2D eigenvalue weighted by molar-refractivity contribution is -0.144. The van der Waals surface area contributed by atoms with Gasteiger partial charge >= 0.3 is 0 Å². The number of methoxy groups -OCH3 is 1. The first kappa shape index (κ1) is 29.8. The number of ether oxygens (including phenoxy) is 1. The van der Waals surface area contributed by atoms with Gasteiger partial charge in [-0.15, -0.1) is 10.2 Å². The summed E-state index contributed by atoms with van der Waals surface area (Å²) in [4.78, 5) is 15.7. The van der Waals surface area contributed by atoms with Crippen molar-refractivity contribution in [2.45, 2.75) is 73.3 Å². The number of fused-ring (bicyclic) bond motifs is 1. The molecule has 7 rings (SSSR count). The van der Waals surface area contributed by atoms with Gasteiger partial charge in [-0.05, 0) is 44.6 Å². The maximum Gasteiger partial charge on any atom is 0.291 e. The van der Waals surface area contributed by atoms with Crippen LogP contribution in [0.25, 0.3) is 16.1 Å². The number of carbonyl (C=O) groups excluding carboxylic acids is 1. The quantitative estimate of drug-likeness (QED) is 0.327. The van der Waals surface area contributed by atoms with E-state index in [2.05, 4.69) is 14.9 Å². The van der Waals surface area contributed by atoms with Crippen molar-refractivity contribution in [2.75, 3.05) is 44.9 Å². The molecule has 3 aromatic rings. The number of pyridine rings is 1. The highest BCUT2D eigenvalue weighted by molar-refractivity contribution is 7.89.